The molecule has 0 radical (unpaired) electrons. The Morgan fingerprint density at radius 3 is 2.48 bits per heavy atom. The average molecular weight is 397 g/mol. The number of aryl methyl sites for hydroxylation is 1. The van der Waals surface area contributed by atoms with Crippen molar-refractivity contribution in [1.82, 2.24) is 15.0 Å². The molecule has 1 amide bonds. The Labute approximate surface area is 156 Å². The van der Waals surface area contributed by atoms with E-state index >= 15 is 0 Å². The molecule has 3 aromatic rings. The third-order valence-electron chi connectivity index (χ3n) is 3.38. The Hall–Kier alpha value is -3.07. The van der Waals surface area contributed by atoms with Gasteiger partial charge in [-0.05, 0) is 49.4 Å². The van der Waals surface area contributed by atoms with E-state index in [2.05, 4.69) is 20.3 Å². The second-order valence-corrected chi connectivity index (χ2v) is 5.87. The summed E-state index contributed by atoms with van der Waals surface area (Å²) in [5, 5.41) is 11.4. The minimum atomic E-state index is -4.78. The van der Waals surface area contributed by atoms with Gasteiger partial charge >= 0.3 is 6.36 Å². The Bertz CT molecular complexity index is 971. The van der Waals surface area contributed by atoms with Gasteiger partial charge in [0, 0.05) is 10.7 Å². The molecule has 0 saturated heterocycles. The highest BCUT2D eigenvalue weighted by Crippen LogP contribution is 2.24. The molecule has 10 heteroatoms. The molecular weight excluding hydrogens is 385 g/mol. The van der Waals surface area contributed by atoms with Gasteiger partial charge in [0.05, 0.1) is 11.4 Å². The van der Waals surface area contributed by atoms with E-state index in [1.54, 1.807) is 31.2 Å². The zero-order chi connectivity index (χ0) is 19.6. The van der Waals surface area contributed by atoms with E-state index in [9.17, 15) is 18.0 Å². The number of benzene rings is 2. The minimum absolute atomic E-state index is 0.0746. The van der Waals surface area contributed by atoms with Crippen molar-refractivity contribution < 1.29 is 22.7 Å². The van der Waals surface area contributed by atoms with Crippen molar-refractivity contribution in [3.05, 3.63) is 64.9 Å². The molecule has 2 aromatic carbocycles. The first-order chi connectivity index (χ1) is 12.7. The van der Waals surface area contributed by atoms with Gasteiger partial charge in [0.25, 0.3) is 5.91 Å². The molecule has 0 aliphatic rings. The van der Waals surface area contributed by atoms with Gasteiger partial charge in [-0.2, -0.15) is 9.90 Å². The van der Waals surface area contributed by atoms with Crippen molar-refractivity contribution in [1.29, 1.82) is 0 Å². The van der Waals surface area contributed by atoms with Crippen LogP contribution in [0.15, 0.2) is 48.5 Å². The first-order valence-electron chi connectivity index (χ1n) is 7.58. The number of carbonyl (C=O) groups excluding carboxylic acids is 1. The van der Waals surface area contributed by atoms with E-state index in [0.29, 0.717) is 16.4 Å². The molecule has 1 N–H and O–H groups in total. The van der Waals surface area contributed by atoms with Crippen LogP contribution < -0.4 is 10.1 Å². The van der Waals surface area contributed by atoms with Gasteiger partial charge in [0.2, 0.25) is 0 Å². The molecule has 6 nitrogen and oxygen atoms in total. The molecule has 1 heterocycles. The van der Waals surface area contributed by atoms with Crippen LogP contribution >= 0.6 is 11.6 Å². The van der Waals surface area contributed by atoms with Crippen LogP contribution in [-0.2, 0) is 0 Å². The van der Waals surface area contributed by atoms with E-state index in [-0.39, 0.29) is 17.1 Å². The van der Waals surface area contributed by atoms with E-state index in [4.69, 9.17) is 11.6 Å². The van der Waals surface area contributed by atoms with E-state index in [0.717, 1.165) is 12.1 Å². The fourth-order valence-electron chi connectivity index (χ4n) is 2.23. The van der Waals surface area contributed by atoms with Crippen LogP contribution in [-0.4, -0.2) is 27.3 Å². The highest BCUT2D eigenvalue weighted by atomic mass is 35.5. The Balaban J connectivity index is 1.75. The van der Waals surface area contributed by atoms with Gasteiger partial charge in [-0.25, -0.2) is 0 Å². The number of aromatic nitrogens is 3. The van der Waals surface area contributed by atoms with Crippen LogP contribution in [0.4, 0.5) is 18.9 Å². The van der Waals surface area contributed by atoms with Gasteiger partial charge in [-0.3, -0.25) is 4.79 Å². The molecule has 140 valence electrons. The number of hydrogen-bond acceptors (Lipinski definition) is 4. The number of nitrogens with one attached hydrogen (secondary N) is 1. The zero-order valence-corrected chi connectivity index (χ0v) is 14.5. The summed E-state index contributed by atoms with van der Waals surface area (Å²) in [7, 11) is 0. The first-order valence-corrected chi connectivity index (χ1v) is 7.96. The predicted octanol–water partition coefficient (Wildman–Crippen LogP) is 4.38. The van der Waals surface area contributed by atoms with Gasteiger partial charge in [0.15, 0.2) is 5.69 Å². The zero-order valence-electron chi connectivity index (χ0n) is 13.8. The fraction of sp³-hybridized carbons (Fsp3) is 0.118. The van der Waals surface area contributed by atoms with Crippen LogP contribution in [0.1, 0.15) is 16.2 Å². The lowest BCUT2D eigenvalue weighted by molar-refractivity contribution is -0.274. The Morgan fingerprint density at radius 1 is 1.15 bits per heavy atom. The minimum Gasteiger partial charge on any atom is -0.406 e. The maximum Gasteiger partial charge on any atom is 0.573 e. The summed E-state index contributed by atoms with van der Waals surface area (Å²) < 4.78 is 40.3. The molecule has 0 bridgehead atoms. The molecule has 0 aliphatic heterocycles. The standard InChI is InChI=1S/C17H12ClF3N4O2/c1-10-15(24-25(23-10)13-4-2-3-11(18)9-13)16(26)22-12-5-7-14(8-6-12)27-17(19,20)21/h2-9H,1H3,(H,22,26). The number of anilines is 1. The van der Waals surface area contributed by atoms with Crippen molar-refractivity contribution in [2.75, 3.05) is 5.32 Å². The molecule has 0 atom stereocenters. The van der Waals surface area contributed by atoms with Crippen molar-refractivity contribution in [3.63, 3.8) is 0 Å². The lowest BCUT2D eigenvalue weighted by Gasteiger charge is -2.09. The SMILES string of the molecule is Cc1nn(-c2cccc(Cl)c2)nc1C(=O)Nc1ccc(OC(F)(F)F)cc1. The van der Waals surface area contributed by atoms with E-state index in [1.165, 1.54) is 16.9 Å². The third-order valence-corrected chi connectivity index (χ3v) is 3.62. The van der Waals surface area contributed by atoms with Crippen molar-refractivity contribution in [2.24, 2.45) is 0 Å². The maximum absolute atomic E-state index is 12.4. The molecule has 27 heavy (non-hydrogen) atoms. The normalized spacial score (nSPS) is 11.3. The van der Waals surface area contributed by atoms with Crippen LogP contribution in [0.3, 0.4) is 0 Å². The quantitative estimate of drug-likeness (QED) is 0.710. The van der Waals surface area contributed by atoms with E-state index < -0.39 is 12.3 Å². The van der Waals surface area contributed by atoms with Gasteiger partial charge in [-0.1, -0.05) is 17.7 Å². The Morgan fingerprint density at radius 2 is 1.85 bits per heavy atom. The summed E-state index contributed by atoms with van der Waals surface area (Å²) in [6.07, 6.45) is -4.78. The molecule has 0 spiro atoms. The number of nitrogens with zero attached hydrogens (tertiary/aromatic N) is 3. The summed E-state index contributed by atoms with van der Waals surface area (Å²) in [6, 6.07) is 11.6. The monoisotopic (exact) mass is 396 g/mol. The van der Waals surface area contributed by atoms with Crippen molar-refractivity contribution >= 4 is 23.2 Å². The number of hydrogen-bond donors (Lipinski definition) is 1. The summed E-state index contributed by atoms with van der Waals surface area (Å²) >= 11 is 5.94. The van der Waals surface area contributed by atoms with Crippen molar-refractivity contribution in [2.45, 2.75) is 13.3 Å². The number of carbonyl (C=O) groups is 1. The van der Waals surface area contributed by atoms with Crippen molar-refractivity contribution in [3.8, 4) is 11.4 Å². The average Bonchev–Trinajstić information content (AvgIpc) is 2.97. The number of amides is 1. The molecule has 0 saturated carbocycles. The van der Waals surface area contributed by atoms with Gasteiger partial charge in [0.1, 0.15) is 5.75 Å². The van der Waals surface area contributed by atoms with Crippen LogP contribution in [0.25, 0.3) is 5.69 Å². The van der Waals surface area contributed by atoms with Gasteiger partial charge < -0.3 is 10.1 Å². The molecule has 0 unspecified atom stereocenters. The number of ether oxygens (including phenoxy) is 1. The topological polar surface area (TPSA) is 69.0 Å². The molecule has 0 aliphatic carbocycles. The highest BCUT2D eigenvalue weighted by molar-refractivity contribution is 6.30. The van der Waals surface area contributed by atoms with Gasteiger partial charge in [-0.15, -0.1) is 18.3 Å². The molecule has 0 fully saturated rings. The summed E-state index contributed by atoms with van der Waals surface area (Å²) in [5.74, 6) is -0.936. The van der Waals surface area contributed by atoms with Crippen LogP contribution in [0.5, 0.6) is 5.75 Å². The highest BCUT2D eigenvalue weighted by Gasteiger charge is 2.31. The third kappa shape index (κ3) is 4.76. The first kappa shape index (κ1) is 18.7. The predicted molar refractivity (Wildman–Crippen MR) is 92.2 cm³/mol. The smallest absolute Gasteiger partial charge is 0.406 e. The fourth-order valence-corrected chi connectivity index (χ4v) is 2.42. The van der Waals surface area contributed by atoms with E-state index in [1.807, 2.05) is 0 Å². The van der Waals surface area contributed by atoms with Crippen LogP contribution in [0.2, 0.25) is 5.02 Å². The molecular formula is C17H12ClF3N4O2. The lowest BCUT2D eigenvalue weighted by Crippen LogP contribution is -2.17. The maximum atomic E-state index is 12.4. The lowest BCUT2D eigenvalue weighted by atomic mass is 10.2. The number of alkyl halides is 3. The second kappa shape index (κ2) is 7.28. The summed E-state index contributed by atoms with van der Waals surface area (Å²) in [4.78, 5) is 13.7. The number of halogens is 4. The van der Waals surface area contributed by atoms with Crippen LogP contribution in [0, 0.1) is 6.92 Å². The summed E-state index contributed by atoms with van der Waals surface area (Å²) in [6.45, 7) is 1.61. The molecule has 1 aromatic heterocycles. The Kier molecular flexibility index (Phi) is 5.04. The summed E-state index contributed by atoms with van der Waals surface area (Å²) in [5.41, 5.74) is 1.32. The largest absolute Gasteiger partial charge is 0.573 e. The number of rotatable bonds is 4. The second-order valence-electron chi connectivity index (χ2n) is 5.43. The molecule has 3 rings (SSSR count).